The first-order valence-electron chi connectivity index (χ1n) is 9.92. The molecule has 6 nitrogen and oxygen atoms in total. The topological polar surface area (TPSA) is 83.0 Å². The second-order valence-corrected chi connectivity index (χ2v) is 7.20. The number of carbonyl (C=O) groups excluding carboxylic acids is 1. The van der Waals surface area contributed by atoms with Gasteiger partial charge in [-0.25, -0.2) is 10.4 Å². The number of rotatable bonds is 4. The molecule has 0 aliphatic heterocycles. The molecule has 3 heterocycles. The molecule has 3 aromatic heterocycles. The zero-order chi connectivity index (χ0) is 21.2. The monoisotopic (exact) mass is 405 g/mol. The highest BCUT2D eigenvalue weighted by atomic mass is 16.2. The number of hydrogen-bond donors (Lipinski definition) is 2. The van der Waals surface area contributed by atoms with Crippen LogP contribution in [0.1, 0.15) is 22.8 Å². The Morgan fingerprint density at radius 3 is 2.61 bits per heavy atom. The first-order chi connectivity index (χ1) is 15.2. The van der Waals surface area contributed by atoms with E-state index in [-0.39, 0.29) is 5.91 Å². The quantitative estimate of drug-likeness (QED) is 0.328. The van der Waals surface area contributed by atoms with Crippen molar-refractivity contribution in [2.24, 2.45) is 5.10 Å². The van der Waals surface area contributed by atoms with Gasteiger partial charge in [0.15, 0.2) is 0 Å². The summed E-state index contributed by atoms with van der Waals surface area (Å²) in [6, 6.07) is 21.1. The number of fused-ring (bicyclic) bond motifs is 2. The molecule has 1 amide bonds. The molecule has 0 radical (unpaired) electrons. The maximum atomic E-state index is 13.1. The summed E-state index contributed by atoms with van der Waals surface area (Å²) >= 11 is 0. The summed E-state index contributed by atoms with van der Waals surface area (Å²) in [5.41, 5.74) is 8.20. The normalized spacial score (nSPS) is 11.7. The maximum Gasteiger partial charge on any atom is 0.272 e. The van der Waals surface area contributed by atoms with Crippen LogP contribution in [0.15, 0.2) is 90.4 Å². The molecular weight excluding hydrogens is 386 g/mol. The number of amides is 1. The van der Waals surface area contributed by atoms with Crippen molar-refractivity contribution in [3.05, 3.63) is 96.4 Å². The van der Waals surface area contributed by atoms with Gasteiger partial charge in [0.05, 0.1) is 22.5 Å². The summed E-state index contributed by atoms with van der Waals surface area (Å²) < 4.78 is 0. The van der Waals surface area contributed by atoms with E-state index in [1.165, 1.54) is 0 Å². The van der Waals surface area contributed by atoms with Gasteiger partial charge in [-0.3, -0.25) is 9.78 Å². The van der Waals surface area contributed by atoms with Crippen LogP contribution in [0.3, 0.4) is 0 Å². The van der Waals surface area contributed by atoms with E-state index in [0.29, 0.717) is 11.3 Å². The molecule has 0 atom stereocenters. The molecule has 6 heteroatoms. The number of para-hydroxylation sites is 2. The summed E-state index contributed by atoms with van der Waals surface area (Å²) in [5, 5.41) is 6.20. The number of nitrogens with one attached hydrogen (secondary N) is 2. The third-order valence-electron chi connectivity index (χ3n) is 5.22. The molecule has 0 saturated heterocycles. The Morgan fingerprint density at radius 2 is 1.77 bits per heavy atom. The largest absolute Gasteiger partial charge is 0.360 e. The van der Waals surface area contributed by atoms with Gasteiger partial charge in [-0.15, -0.1) is 0 Å². The lowest BCUT2D eigenvalue weighted by molar-refractivity contribution is 0.0956. The summed E-state index contributed by atoms with van der Waals surface area (Å²) in [5.74, 6) is -0.289. The Balaban J connectivity index is 1.51. The molecule has 0 aliphatic rings. The van der Waals surface area contributed by atoms with Gasteiger partial charge in [0.2, 0.25) is 0 Å². The molecule has 150 valence electrons. The first kappa shape index (κ1) is 18.7. The van der Waals surface area contributed by atoms with Gasteiger partial charge in [0, 0.05) is 46.0 Å². The predicted molar refractivity (Wildman–Crippen MR) is 123 cm³/mol. The Hall–Kier alpha value is -4.32. The Kier molecular flexibility index (Phi) is 4.72. The number of carbonyl (C=O) groups is 1. The smallest absolute Gasteiger partial charge is 0.272 e. The average Bonchev–Trinajstić information content (AvgIpc) is 3.26. The van der Waals surface area contributed by atoms with E-state index in [9.17, 15) is 4.79 Å². The lowest BCUT2D eigenvalue weighted by Gasteiger charge is -2.09. The Bertz CT molecular complexity index is 1440. The molecule has 0 bridgehead atoms. The number of nitrogens with zero attached hydrogens (tertiary/aromatic N) is 3. The van der Waals surface area contributed by atoms with Gasteiger partial charge in [0.1, 0.15) is 0 Å². The van der Waals surface area contributed by atoms with E-state index in [1.807, 2.05) is 73.8 Å². The van der Waals surface area contributed by atoms with Crippen molar-refractivity contribution in [1.29, 1.82) is 0 Å². The minimum absolute atomic E-state index is 0.289. The number of hydrogen-bond acceptors (Lipinski definition) is 4. The van der Waals surface area contributed by atoms with E-state index in [4.69, 9.17) is 4.98 Å². The van der Waals surface area contributed by atoms with Crippen LogP contribution in [0.4, 0.5) is 0 Å². The fourth-order valence-corrected chi connectivity index (χ4v) is 3.65. The van der Waals surface area contributed by atoms with Crippen molar-refractivity contribution in [3.8, 4) is 11.3 Å². The lowest BCUT2D eigenvalue weighted by atomic mass is 10.0. The standard InChI is InChI=1S/C25H19N5O/c1-16(21-15-27-22-10-4-2-9-19(21)22)29-30-25(31)20-13-24(17-7-6-12-26-14-17)28-23-11-5-3-8-18(20)23/h2-15,27H,1H3,(H,30,31)/b29-16+. The molecule has 5 rings (SSSR count). The van der Waals surface area contributed by atoms with E-state index in [0.717, 1.165) is 38.6 Å². The van der Waals surface area contributed by atoms with E-state index >= 15 is 0 Å². The summed E-state index contributed by atoms with van der Waals surface area (Å²) in [7, 11) is 0. The van der Waals surface area contributed by atoms with Crippen molar-refractivity contribution in [2.45, 2.75) is 6.92 Å². The maximum absolute atomic E-state index is 13.1. The SMILES string of the molecule is C/C(=N\NC(=O)c1cc(-c2cccnc2)nc2ccccc12)c1c[nH]c2ccccc12. The predicted octanol–water partition coefficient (Wildman–Crippen LogP) is 4.93. The second-order valence-electron chi connectivity index (χ2n) is 7.20. The minimum Gasteiger partial charge on any atom is -0.360 e. The van der Waals surface area contributed by atoms with Crippen LogP contribution in [-0.2, 0) is 0 Å². The van der Waals surface area contributed by atoms with Gasteiger partial charge in [-0.2, -0.15) is 5.10 Å². The van der Waals surface area contributed by atoms with Gasteiger partial charge in [-0.1, -0.05) is 36.4 Å². The number of hydrazone groups is 1. The summed E-state index contributed by atoms with van der Waals surface area (Å²) in [6.07, 6.45) is 5.34. The fourth-order valence-electron chi connectivity index (χ4n) is 3.65. The molecule has 5 aromatic rings. The molecule has 0 unspecified atom stereocenters. The highest BCUT2D eigenvalue weighted by molar-refractivity contribution is 6.11. The van der Waals surface area contributed by atoms with E-state index in [2.05, 4.69) is 20.5 Å². The Morgan fingerprint density at radius 1 is 0.968 bits per heavy atom. The summed E-state index contributed by atoms with van der Waals surface area (Å²) in [4.78, 5) is 25.2. The third kappa shape index (κ3) is 3.55. The van der Waals surface area contributed by atoms with Gasteiger partial charge in [0.25, 0.3) is 5.91 Å². The minimum atomic E-state index is -0.289. The van der Waals surface area contributed by atoms with Crippen LogP contribution >= 0.6 is 0 Å². The van der Waals surface area contributed by atoms with Crippen LogP contribution in [0, 0.1) is 0 Å². The molecule has 0 saturated carbocycles. The third-order valence-corrected chi connectivity index (χ3v) is 5.22. The van der Waals surface area contributed by atoms with Gasteiger partial charge < -0.3 is 4.98 Å². The van der Waals surface area contributed by atoms with E-state index in [1.54, 1.807) is 18.5 Å². The number of H-pyrrole nitrogens is 1. The van der Waals surface area contributed by atoms with Gasteiger partial charge in [-0.05, 0) is 37.3 Å². The van der Waals surface area contributed by atoms with Crippen molar-refractivity contribution in [3.63, 3.8) is 0 Å². The zero-order valence-electron chi connectivity index (χ0n) is 16.8. The van der Waals surface area contributed by atoms with Crippen molar-refractivity contribution < 1.29 is 4.79 Å². The molecule has 2 N–H and O–H groups in total. The van der Waals surface area contributed by atoms with Crippen molar-refractivity contribution >= 4 is 33.4 Å². The number of aromatic nitrogens is 3. The number of pyridine rings is 2. The van der Waals surface area contributed by atoms with Crippen LogP contribution in [0.25, 0.3) is 33.1 Å². The number of aromatic amines is 1. The molecule has 31 heavy (non-hydrogen) atoms. The van der Waals surface area contributed by atoms with Crippen molar-refractivity contribution in [2.75, 3.05) is 0 Å². The number of benzene rings is 2. The molecular formula is C25H19N5O. The second kappa shape index (κ2) is 7.84. The fraction of sp³-hybridized carbons (Fsp3) is 0.0400. The first-order valence-corrected chi connectivity index (χ1v) is 9.92. The molecule has 0 spiro atoms. The highest BCUT2D eigenvalue weighted by Gasteiger charge is 2.14. The van der Waals surface area contributed by atoms with Gasteiger partial charge >= 0.3 is 0 Å². The average molecular weight is 405 g/mol. The zero-order valence-corrected chi connectivity index (χ0v) is 16.8. The summed E-state index contributed by atoms with van der Waals surface area (Å²) in [6.45, 7) is 1.88. The van der Waals surface area contributed by atoms with Crippen molar-refractivity contribution in [1.82, 2.24) is 20.4 Å². The van der Waals surface area contributed by atoms with Crippen LogP contribution in [0.2, 0.25) is 0 Å². The Labute approximate surface area is 178 Å². The molecule has 0 aliphatic carbocycles. The van der Waals surface area contributed by atoms with E-state index < -0.39 is 0 Å². The van der Waals surface area contributed by atoms with Crippen LogP contribution < -0.4 is 5.43 Å². The molecule has 2 aromatic carbocycles. The highest BCUT2D eigenvalue weighted by Crippen LogP contribution is 2.24. The van der Waals surface area contributed by atoms with Crippen LogP contribution in [0.5, 0.6) is 0 Å². The lowest BCUT2D eigenvalue weighted by Crippen LogP contribution is -2.20. The van der Waals surface area contributed by atoms with Crippen LogP contribution in [-0.4, -0.2) is 26.6 Å². The molecule has 0 fully saturated rings.